The van der Waals surface area contributed by atoms with Gasteiger partial charge in [0.1, 0.15) is 5.00 Å². The highest BCUT2D eigenvalue weighted by molar-refractivity contribution is 7.16. The van der Waals surface area contributed by atoms with E-state index in [0.717, 1.165) is 16.9 Å². The van der Waals surface area contributed by atoms with Gasteiger partial charge >= 0.3 is 11.9 Å². The molecule has 0 saturated heterocycles. The fourth-order valence-electron chi connectivity index (χ4n) is 3.17. The molecule has 0 unspecified atom stereocenters. The summed E-state index contributed by atoms with van der Waals surface area (Å²) >= 11 is 1.31. The van der Waals surface area contributed by atoms with E-state index in [4.69, 9.17) is 9.47 Å². The van der Waals surface area contributed by atoms with Crippen LogP contribution in [0.15, 0.2) is 0 Å². The molecular weight excluding hydrogens is 354 g/mol. The van der Waals surface area contributed by atoms with Gasteiger partial charge in [-0.15, -0.1) is 11.3 Å². The number of esters is 2. The summed E-state index contributed by atoms with van der Waals surface area (Å²) in [5.41, 5.74) is 1.16. The minimum Gasteiger partial charge on any atom is -0.462 e. The standard InChI is InChI=1S/C19H27NO5S/c1-4-24-19(23)17-12(2)13(3)26-18(17)20-15(21)11-25-16(22)10-9-14-7-5-6-8-14/h14H,4-11H2,1-3H3,(H,20,21). The Bertz CT molecular complexity index is 661. The first-order valence-electron chi connectivity index (χ1n) is 9.15. The lowest BCUT2D eigenvalue weighted by molar-refractivity contribution is -0.147. The van der Waals surface area contributed by atoms with Crippen LogP contribution in [0.1, 0.15) is 66.2 Å². The van der Waals surface area contributed by atoms with Gasteiger partial charge in [-0.2, -0.15) is 0 Å². The summed E-state index contributed by atoms with van der Waals surface area (Å²) in [6.07, 6.45) is 6.03. The summed E-state index contributed by atoms with van der Waals surface area (Å²) in [7, 11) is 0. The van der Waals surface area contributed by atoms with E-state index in [1.54, 1.807) is 6.92 Å². The van der Waals surface area contributed by atoms with E-state index in [1.807, 2.05) is 13.8 Å². The molecule has 0 aliphatic heterocycles. The van der Waals surface area contributed by atoms with Gasteiger partial charge in [0.2, 0.25) is 0 Å². The van der Waals surface area contributed by atoms with Gasteiger partial charge in [0.05, 0.1) is 12.2 Å². The number of ether oxygens (including phenoxy) is 2. The zero-order chi connectivity index (χ0) is 19.1. The van der Waals surface area contributed by atoms with E-state index in [9.17, 15) is 14.4 Å². The minimum absolute atomic E-state index is 0.263. The van der Waals surface area contributed by atoms with Crippen LogP contribution in [0.4, 0.5) is 5.00 Å². The Hall–Kier alpha value is -1.89. The number of carbonyl (C=O) groups excluding carboxylic acids is 3. The van der Waals surface area contributed by atoms with Crippen LogP contribution in [0, 0.1) is 19.8 Å². The lowest BCUT2D eigenvalue weighted by Gasteiger charge is -2.09. The van der Waals surface area contributed by atoms with Gasteiger partial charge in [-0.3, -0.25) is 9.59 Å². The normalized spacial score (nSPS) is 14.3. The zero-order valence-corrected chi connectivity index (χ0v) is 16.5. The molecule has 1 aromatic rings. The van der Waals surface area contributed by atoms with Crippen molar-refractivity contribution >= 4 is 34.2 Å². The topological polar surface area (TPSA) is 81.7 Å². The molecule has 1 N–H and O–H groups in total. The molecule has 0 spiro atoms. The summed E-state index contributed by atoms with van der Waals surface area (Å²) in [6, 6.07) is 0. The predicted molar refractivity (Wildman–Crippen MR) is 101 cm³/mol. The maximum atomic E-state index is 12.1. The number of amides is 1. The Morgan fingerprint density at radius 2 is 1.85 bits per heavy atom. The van der Waals surface area contributed by atoms with Crippen LogP contribution in [0.2, 0.25) is 0 Å². The molecule has 1 heterocycles. The van der Waals surface area contributed by atoms with E-state index in [1.165, 1.54) is 37.0 Å². The summed E-state index contributed by atoms with van der Waals surface area (Å²) < 4.78 is 10.1. The maximum absolute atomic E-state index is 12.1. The van der Waals surface area contributed by atoms with Gasteiger partial charge in [0.15, 0.2) is 6.61 Å². The lowest BCUT2D eigenvalue weighted by Crippen LogP contribution is -2.22. The Kier molecular flexibility index (Phi) is 7.63. The molecule has 26 heavy (non-hydrogen) atoms. The number of rotatable bonds is 8. The smallest absolute Gasteiger partial charge is 0.341 e. The van der Waals surface area contributed by atoms with E-state index in [-0.39, 0.29) is 19.2 Å². The fourth-order valence-corrected chi connectivity index (χ4v) is 4.23. The third kappa shape index (κ3) is 5.56. The van der Waals surface area contributed by atoms with Crippen molar-refractivity contribution in [1.29, 1.82) is 0 Å². The third-order valence-corrected chi connectivity index (χ3v) is 5.84. The number of hydrogen-bond acceptors (Lipinski definition) is 6. The average Bonchev–Trinajstić information content (AvgIpc) is 3.20. The minimum atomic E-state index is -0.460. The number of nitrogens with one attached hydrogen (secondary N) is 1. The van der Waals surface area contributed by atoms with E-state index < -0.39 is 11.9 Å². The number of carbonyl (C=O) groups is 3. The molecule has 2 rings (SSSR count). The van der Waals surface area contributed by atoms with Crippen molar-refractivity contribution in [3.8, 4) is 0 Å². The highest BCUT2D eigenvalue weighted by atomic mass is 32.1. The van der Waals surface area contributed by atoms with Gasteiger partial charge < -0.3 is 14.8 Å². The number of hydrogen-bond donors (Lipinski definition) is 1. The SMILES string of the molecule is CCOC(=O)c1c(NC(=O)COC(=O)CCC2CCCC2)sc(C)c1C. The molecule has 1 amide bonds. The molecule has 1 aliphatic carbocycles. The quantitative estimate of drug-likeness (QED) is 0.689. The summed E-state index contributed by atoms with van der Waals surface area (Å²) in [4.78, 5) is 36.9. The van der Waals surface area contributed by atoms with Crippen molar-refractivity contribution in [1.82, 2.24) is 0 Å². The molecule has 6 nitrogen and oxygen atoms in total. The fraction of sp³-hybridized carbons (Fsp3) is 0.632. The molecular formula is C19H27NO5S. The van der Waals surface area contributed by atoms with Crippen LogP contribution in [-0.4, -0.2) is 31.1 Å². The molecule has 1 aromatic heterocycles. The van der Waals surface area contributed by atoms with E-state index >= 15 is 0 Å². The molecule has 0 atom stereocenters. The highest BCUT2D eigenvalue weighted by Crippen LogP contribution is 2.33. The molecule has 1 aliphatic rings. The molecule has 0 bridgehead atoms. The van der Waals surface area contributed by atoms with Gasteiger partial charge in [-0.05, 0) is 38.7 Å². The number of thiophene rings is 1. The monoisotopic (exact) mass is 381 g/mol. The van der Waals surface area contributed by atoms with E-state index in [2.05, 4.69) is 5.32 Å². The third-order valence-electron chi connectivity index (χ3n) is 4.71. The Balaban J connectivity index is 1.84. The van der Waals surface area contributed by atoms with Crippen molar-refractivity contribution < 1.29 is 23.9 Å². The molecule has 0 aromatic carbocycles. The van der Waals surface area contributed by atoms with Crippen molar-refractivity contribution in [2.75, 3.05) is 18.5 Å². The molecule has 7 heteroatoms. The van der Waals surface area contributed by atoms with Gasteiger partial charge in [0.25, 0.3) is 5.91 Å². The average molecular weight is 381 g/mol. The molecule has 1 saturated carbocycles. The van der Waals surface area contributed by atoms with Gasteiger partial charge in [-0.25, -0.2) is 4.79 Å². The van der Waals surface area contributed by atoms with Gasteiger partial charge in [0, 0.05) is 11.3 Å². The highest BCUT2D eigenvalue weighted by Gasteiger charge is 2.22. The number of anilines is 1. The van der Waals surface area contributed by atoms with Crippen molar-refractivity contribution in [3.05, 3.63) is 16.0 Å². The first kappa shape index (κ1) is 20.4. The zero-order valence-electron chi connectivity index (χ0n) is 15.7. The summed E-state index contributed by atoms with van der Waals surface area (Å²) in [6.45, 7) is 5.34. The van der Waals surface area contributed by atoms with Gasteiger partial charge in [-0.1, -0.05) is 25.7 Å². The van der Waals surface area contributed by atoms with Crippen LogP contribution in [0.5, 0.6) is 0 Å². The van der Waals surface area contributed by atoms with E-state index in [0.29, 0.717) is 22.9 Å². The largest absolute Gasteiger partial charge is 0.462 e. The summed E-state index contributed by atoms with van der Waals surface area (Å²) in [5, 5.41) is 3.10. The maximum Gasteiger partial charge on any atom is 0.341 e. The predicted octanol–water partition coefficient (Wildman–Crippen LogP) is 3.99. The van der Waals surface area contributed by atoms with Crippen LogP contribution in [0.25, 0.3) is 0 Å². The second-order valence-corrected chi connectivity index (χ2v) is 7.83. The van der Waals surface area contributed by atoms with Crippen molar-refractivity contribution in [2.45, 2.75) is 59.3 Å². The first-order valence-corrected chi connectivity index (χ1v) is 9.96. The summed E-state index contributed by atoms with van der Waals surface area (Å²) in [5.74, 6) is -0.652. The molecule has 1 fully saturated rings. The molecule has 0 radical (unpaired) electrons. The lowest BCUT2D eigenvalue weighted by atomic mass is 10.0. The second kappa shape index (κ2) is 9.71. The van der Waals surface area contributed by atoms with Crippen molar-refractivity contribution in [3.63, 3.8) is 0 Å². The van der Waals surface area contributed by atoms with Crippen molar-refractivity contribution in [2.24, 2.45) is 5.92 Å². The Labute approximate surface area is 158 Å². The van der Waals surface area contributed by atoms with Crippen LogP contribution in [-0.2, 0) is 19.1 Å². The van der Waals surface area contributed by atoms with Crippen LogP contribution < -0.4 is 5.32 Å². The first-order chi connectivity index (χ1) is 12.4. The second-order valence-electron chi connectivity index (χ2n) is 6.61. The molecule has 144 valence electrons. The number of aryl methyl sites for hydroxylation is 1. The Morgan fingerprint density at radius 3 is 2.50 bits per heavy atom. The Morgan fingerprint density at radius 1 is 1.15 bits per heavy atom. The van der Waals surface area contributed by atoms with Crippen LogP contribution in [0.3, 0.4) is 0 Å². The van der Waals surface area contributed by atoms with Crippen LogP contribution >= 0.6 is 11.3 Å².